The first-order valence-electron chi connectivity index (χ1n) is 7.03. The molecule has 0 bridgehead atoms. The summed E-state index contributed by atoms with van der Waals surface area (Å²) in [4.78, 5) is 6.22. The largest absolute Gasteiger partial charge is 0.305 e. The third-order valence-corrected chi connectivity index (χ3v) is 6.52. The van der Waals surface area contributed by atoms with Gasteiger partial charge < -0.3 is 5.32 Å². The van der Waals surface area contributed by atoms with Gasteiger partial charge in [-0.15, -0.1) is 11.3 Å². The minimum Gasteiger partial charge on any atom is -0.305 e. The van der Waals surface area contributed by atoms with E-state index in [9.17, 15) is 0 Å². The van der Waals surface area contributed by atoms with E-state index < -0.39 is 0 Å². The van der Waals surface area contributed by atoms with Crippen molar-refractivity contribution in [1.29, 1.82) is 0 Å². The highest BCUT2D eigenvalue weighted by Gasteiger charge is 2.31. The molecule has 1 heterocycles. The van der Waals surface area contributed by atoms with Crippen molar-refractivity contribution in [2.75, 3.05) is 6.26 Å². The maximum Gasteiger partial charge on any atom is 0.0900 e. The monoisotopic (exact) mass is 282 g/mol. The molecular weight excluding hydrogens is 260 g/mol. The summed E-state index contributed by atoms with van der Waals surface area (Å²) in [7, 11) is 0. The molecule has 0 spiro atoms. The zero-order valence-corrected chi connectivity index (χ0v) is 12.9. The van der Waals surface area contributed by atoms with Gasteiger partial charge >= 0.3 is 0 Å². The lowest BCUT2D eigenvalue weighted by Gasteiger charge is -2.28. The van der Waals surface area contributed by atoms with E-state index in [2.05, 4.69) is 23.5 Å². The number of hydrogen-bond donors (Lipinski definition) is 1. The zero-order valence-electron chi connectivity index (χ0n) is 11.2. The van der Waals surface area contributed by atoms with Crippen LogP contribution < -0.4 is 5.32 Å². The summed E-state index contributed by atoms with van der Waals surface area (Å²) in [5.41, 5.74) is 1.37. The van der Waals surface area contributed by atoms with Crippen LogP contribution >= 0.6 is 23.1 Å². The van der Waals surface area contributed by atoms with Crippen molar-refractivity contribution in [2.24, 2.45) is 0 Å². The lowest BCUT2D eigenvalue weighted by molar-refractivity contribution is 0.405. The van der Waals surface area contributed by atoms with Crippen molar-refractivity contribution >= 4 is 23.1 Å². The summed E-state index contributed by atoms with van der Waals surface area (Å²) >= 11 is 3.95. The standard InChI is InChI=1S/C14H22N2S2/c1-9-15-11-6-3-7-12(14(11)18-9)16-10-5-4-8-13(10)17-2/h10,12-13,16H,3-8H2,1-2H3. The second-order valence-corrected chi connectivity index (χ2v) is 7.78. The average molecular weight is 282 g/mol. The molecule has 0 aliphatic heterocycles. The fraction of sp³-hybridized carbons (Fsp3) is 0.786. The Labute approximate surface area is 118 Å². The quantitative estimate of drug-likeness (QED) is 0.915. The molecule has 0 aromatic carbocycles. The van der Waals surface area contributed by atoms with Crippen molar-refractivity contribution in [3.05, 3.63) is 15.6 Å². The van der Waals surface area contributed by atoms with Gasteiger partial charge in [0.15, 0.2) is 0 Å². The number of fused-ring (bicyclic) bond motifs is 1. The molecule has 100 valence electrons. The fourth-order valence-corrected chi connectivity index (χ4v) is 5.37. The van der Waals surface area contributed by atoms with Crippen LogP contribution in [-0.4, -0.2) is 22.5 Å². The van der Waals surface area contributed by atoms with Crippen LogP contribution in [0.5, 0.6) is 0 Å². The molecule has 3 unspecified atom stereocenters. The first-order chi connectivity index (χ1) is 8.78. The molecule has 2 aliphatic rings. The molecule has 1 saturated carbocycles. The van der Waals surface area contributed by atoms with E-state index in [-0.39, 0.29) is 0 Å². The number of thioether (sulfide) groups is 1. The van der Waals surface area contributed by atoms with Crippen LogP contribution in [0.25, 0.3) is 0 Å². The van der Waals surface area contributed by atoms with Gasteiger partial charge in [-0.25, -0.2) is 4.98 Å². The molecule has 18 heavy (non-hydrogen) atoms. The Hall–Kier alpha value is -0.0600. The lowest BCUT2D eigenvalue weighted by Crippen LogP contribution is -2.37. The maximum atomic E-state index is 4.69. The fourth-order valence-electron chi connectivity index (χ4n) is 3.36. The molecule has 1 aromatic heterocycles. The van der Waals surface area contributed by atoms with Crippen LogP contribution in [-0.2, 0) is 6.42 Å². The molecular formula is C14H22N2S2. The van der Waals surface area contributed by atoms with Crippen molar-refractivity contribution in [1.82, 2.24) is 10.3 Å². The van der Waals surface area contributed by atoms with Gasteiger partial charge in [-0.3, -0.25) is 0 Å². The molecule has 2 nitrogen and oxygen atoms in total. The van der Waals surface area contributed by atoms with Crippen LogP contribution in [0.3, 0.4) is 0 Å². The highest BCUT2D eigenvalue weighted by atomic mass is 32.2. The molecule has 1 aromatic rings. The van der Waals surface area contributed by atoms with Crippen molar-refractivity contribution in [3.8, 4) is 0 Å². The molecule has 2 aliphatic carbocycles. The van der Waals surface area contributed by atoms with Crippen LogP contribution in [0.2, 0.25) is 0 Å². The second-order valence-electron chi connectivity index (χ2n) is 5.47. The van der Waals surface area contributed by atoms with Gasteiger partial charge in [-0.05, 0) is 45.3 Å². The summed E-state index contributed by atoms with van der Waals surface area (Å²) in [5.74, 6) is 0. The number of nitrogens with zero attached hydrogens (tertiary/aromatic N) is 1. The third-order valence-electron chi connectivity index (χ3n) is 4.23. The number of thiazole rings is 1. The van der Waals surface area contributed by atoms with Crippen molar-refractivity contribution in [2.45, 2.75) is 62.8 Å². The molecule has 3 rings (SSSR count). The summed E-state index contributed by atoms with van der Waals surface area (Å²) in [6, 6.07) is 1.30. The second kappa shape index (κ2) is 5.51. The van der Waals surface area contributed by atoms with Gasteiger partial charge in [0, 0.05) is 22.2 Å². The number of rotatable bonds is 3. The van der Waals surface area contributed by atoms with Gasteiger partial charge in [0.25, 0.3) is 0 Å². The Bertz CT molecular complexity index is 416. The van der Waals surface area contributed by atoms with Gasteiger partial charge in [-0.1, -0.05) is 6.42 Å². The van der Waals surface area contributed by atoms with Crippen molar-refractivity contribution in [3.63, 3.8) is 0 Å². The SMILES string of the molecule is CSC1CCCC1NC1CCCc2nc(C)sc21. The van der Waals surface area contributed by atoms with Crippen LogP contribution in [0.4, 0.5) is 0 Å². The molecule has 0 amide bonds. The van der Waals surface area contributed by atoms with Gasteiger partial charge in [-0.2, -0.15) is 11.8 Å². The predicted octanol–water partition coefficient (Wildman–Crippen LogP) is 3.70. The molecule has 0 saturated heterocycles. The van der Waals surface area contributed by atoms with E-state index >= 15 is 0 Å². The minimum atomic E-state index is 0.581. The predicted molar refractivity (Wildman–Crippen MR) is 80.6 cm³/mol. The number of nitrogens with one attached hydrogen (secondary N) is 1. The Morgan fingerprint density at radius 1 is 1.28 bits per heavy atom. The summed E-state index contributed by atoms with van der Waals surface area (Å²) < 4.78 is 0. The zero-order chi connectivity index (χ0) is 12.5. The average Bonchev–Trinajstić information content (AvgIpc) is 2.94. The Balaban J connectivity index is 1.74. The van der Waals surface area contributed by atoms with E-state index in [4.69, 9.17) is 0 Å². The smallest absolute Gasteiger partial charge is 0.0900 e. The molecule has 1 N–H and O–H groups in total. The summed E-state index contributed by atoms with van der Waals surface area (Å²) in [6.45, 7) is 2.14. The molecule has 1 fully saturated rings. The van der Waals surface area contributed by atoms with Crippen LogP contribution in [0, 0.1) is 6.92 Å². The normalized spacial score (nSPS) is 31.6. The van der Waals surface area contributed by atoms with Crippen LogP contribution in [0.1, 0.15) is 53.7 Å². The van der Waals surface area contributed by atoms with Crippen LogP contribution in [0.15, 0.2) is 0 Å². The topological polar surface area (TPSA) is 24.9 Å². The van der Waals surface area contributed by atoms with E-state index in [0.29, 0.717) is 6.04 Å². The number of aromatic nitrogens is 1. The third kappa shape index (κ3) is 2.47. The highest BCUT2D eigenvalue weighted by molar-refractivity contribution is 7.99. The highest BCUT2D eigenvalue weighted by Crippen LogP contribution is 2.37. The summed E-state index contributed by atoms with van der Waals surface area (Å²) in [5, 5.41) is 6.00. The van der Waals surface area contributed by atoms with E-state index in [1.54, 1.807) is 0 Å². The minimum absolute atomic E-state index is 0.581. The van der Waals surface area contributed by atoms with Crippen molar-refractivity contribution < 1.29 is 0 Å². The lowest BCUT2D eigenvalue weighted by atomic mass is 9.97. The molecule has 3 atom stereocenters. The summed E-state index contributed by atoms with van der Waals surface area (Å²) in [6.07, 6.45) is 10.2. The Morgan fingerprint density at radius 2 is 2.17 bits per heavy atom. The van der Waals surface area contributed by atoms with Gasteiger partial charge in [0.05, 0.1) is 10.7 Å². The van der Waals surface area contributed by atoms with E-state index in [1.165, 1.54) is 54.1 Å². The van der Waals surface area contributed by atoms with Gasteiger partial charge in [0.2, 0.25) is 0 Å². The molecule has 0 radical (unpaired) electrons. The number of hydrogen-bond acceptors (Lipinski definition) is 4. The Morgan fingerprint density at radius 3 is 3.00 bits per heavy atom. The number of aryl methyl sites for hydroxylation is 2. The first kappa shape index (κ1) is 12.9. The molecule has 4 heteroatoms. The van der Waals surface area contributed by atoms with Gasteiger partial charge in [0.1, 0.15) is 0 Å². The first-order valence-corrected chi connectivity index (χ1v) is 9.13. The van der Waals surface area contributed by atoms with E-state index in [0.717, 1.165) is 11.3 Å². The van der Waals surface area contributed by atoms with E-state index in [1.807, 2.05) is 23.1 Å². The maximum absolute atomic E-state index is 4.69. The Kier molecular flexibility index (Phi) is 3.97.